The van der Waals surface area contributed by atoms with E-state index >= 15 is 0 Å². The molecule has 0 atom stereocenters. The second kappa shape index (κ2) is 9.14. The van der Waals surface area contributed by atoms with Gasteiger partial charge >= 0.3 is 0 Å². The molecule has 0 heterocycles. The molecule has 2 nitrogen and oxygen atoms in total. The van der Waals surface area contributed by atoms with E-state index in [1.807, 2.05) is 12.1 Å². The highest BCUT2D eigenvalue weighted by molar-refractivity contribution is 5.16. The number of halogens is 1. The maximum atomic E-state index is 12.7. The molecule has 0 saturated heterocycles. The summed E-state index contributed by atoms with van der Waals surface area (Å²) < 4.78 is 12.7. The summed E-state index contributed by atoms with van der Waals surface area (Å²) in [5, 5.41) is 6.76. The van der Waals surface area contributed by atoms with Crippen molar-refractivity contribution in [3.05, 3.63) is 35.6 Å². The Labute approximate surface area is 104 Å². The van der Waals surface area contributed by atoms with Gasteiger partial charge in [-0.25, -0.2) is 4.39 Å². The number of hydrogen-bond acceptors (Lipinski definition) is 2. The molecule has 1 aromatic carbocycles. The van der Waals surface area contributed by atoms with Crippen molar-refractivity contribution in [1.82, 2.24) is 10.6 Å². The van der Waals surface area contributed by atoms with Gasteiger partial charge in [0.05, 0.1) is 0 Å². The quantitative estimate of drug-likeness (QED) is 0.645. The minimum absolute atomic E-state index is 0.163. The molecule has 1 rings (SSSR count). The molecule has 1 aromatic rings. The summed E-state index contributed by atoms with van der Waals surface area (Å²) in [4.78, 5) is 0. The van der Waals surface area contributed by atoms with Gasteiger partial charge in [-0.05, 0) is 63.1 Å². The third-order valence-electron chi connectivity index (χ3n) is 2.64. The monoisotopic (exact) mass is 238 g/mol. The molecule has 3 heteroatoms. The first-order valence-electron chi connectivity index (χ1n) is 6.49. The fourth-order valence-electron chi connectivity index (χ4n) is 1.65. The summed E-state index contributed by atoms with van der Waals surface area (Å²) in [6, 6.07) is 6.73. The largest absolute Gasteiger partial charge is 0.317 e. The molecule has 0 aromatic heterocycles. The lowest BCUT2D eigenvalue weighted by Crippen LogP contribution is -2.23. The minimum atomic E-state index is -0.163. The van der Waals surface area contributed by atoms with Gasteiger partial charge in [0.25, 0.3) is 0 Å². The first-order valence-corrected chi connectivity index (χ1v) is 6.49. The van der Waals surface area contributed by atoms with Gasteiger partial charge in [-0.1, -0.05) is 19.1 Å². The predicted molar refractivity (Wildman–Crippen MR) is 70.8 cm³/mol. The van der Waals surface area contributed by atoms with Crippen molar-refractivity contribution in [2.75, 3.05) is 26.2 Å². The molecule has 0 fully saturated rings. The highest BCUT2D eigenvalue weighted by Crippen LogP contribution is 2.02. The fraction of sp³-hybridized carbons (Fsp3) is 0.571. The second-order valence-corrected chi connectivity index (χ2v) is 4.23. The second-order valence-electron chi connectivity index (χ2n) is 4.23. The summed E-state index contributed by atoms with van der Waals surface area (Å²) in [6.45, 7) is 6.36. The van der Waals surface area contributed by atoms with Crippen LogP contribution in [0, 0.1) is 5.82 Å². The molecule has 0 unspecified atom stereocenters. The number of rotatable bonds is 9. The van der Waals surface area contributed by atoms with Crippen LogP contribution < -0.4 is 10.6 Å². The van der Waals surface area contributed by atoms with E-state index in [0.717, 1.165) is 39.0 Å². The zero-order valence-corrected chi connectivity index (χ0v) is 10.6. The Hall–Kier alpha value is -0.930. The topological polar surface area (TPSA) is 24.1 Å². The van der Waals surface area contributed by atoms with Crippen LogP contribution in [0.25, 0.3) is 0 Å². The summed E-state index contributed by atoms with van der Waals surface area (Å²) >= 11 is 0. The van der Waals surface area contributed by atoms with E-state index in [1.54, 1.807) is 0 Å². The van der Waals surface area contributed by atoms with Crippen LogP contribution in [0.15, 0.2) is 24.3 Å². The maximum Gasteiger partial charge on any atom is 0.123 e. The van der Waals surface area contributed by atoms with Crippen LogP contribution in [0.1, 0.15) is 25.3 Å². The van der Waals surface area contributed by atoms with Crippen LogP contribution >= 0.6 is 0 Å². The van der Waals surface area contributed by atoms with Gasteiger partial charge in [0.15, 0.2) is 0 Å². The predicted octanol–water partition coefficient (Wildman–Crippen LogP) is 2.35. The van der Waals surface area contributed by atoms with E-state index in [-0.39, 0.29) is 5.82 Å². The molecule has 0 aliphatic heterocycles. The van der Waals surface area contributed by atoms with E-state index in [1.165, 1.54) is 24.1 Å². The van der Waals surface area contributed by atoms with Gasteiger partial charge in [0, 0.05) is 0 Å². The number of benzene rings is 1. The van der Waals surface area contributed by atoms with E-state index in [0.29, 0.717) is 0 Å². The molecule has 0 saturated carbocycles. The van der Waals surface area contributed by atoms with Crippen molar-refractivity contribution in [1.29, 1.82) is 0 Å². The van der Waals surface area contributed by atoms with Gasteiger partial charge in [-0.15, -0.1) is 0 Å². The van der Waals surface area contributed by atoms with Gasteiger partial charge in [-0.3, -0.25) is 0 Å². The van der Waals surface area contributed by atoms with Crippen LogP contribution in [0.2, 0.25) is 0 Å². The zero-order chi connectivity index (χ0) is 12.3. The van der Waals surface area contributed by atoms with E-state index in [9.17, 15) is 4.39 Å². The van der Waals surface area contributed by atoms with Crippen LogP contribution in [-0.2, 0) is 6.42 Å². The Balaban J connectivity index is 1.95. The fourth-order valence-corrected chi connectivity index (χ4v) is 1.65. The third kappa shape index (κ3) is 7.08. The average molecular weight is 238 g/mol. The molecule has 0 radical (unpaired) electrons. The van der Waals surface area contributed by atoms with Crippen LogP contribution in [0.5, 0.6) is 0 Å². The normalized spacial score (nSPS) is 10.7. The SMILES string of the molecule is CCCNCCCNCCc1ccc(F)cc1. The molecule has 0 spiro atoms. The summed E-state index contributed by atoms with van der Waals surface area (Å²) in [6.07, 6.45) is 3.31. The van der Waals surface area contributed by atoms with Gasteiger partial charge < -0.3 is 10.6 Å². The molecule has 0 bridgehead atoms. The highest BCUT2D eigenvalue weighted by atomic mass is 19.1. The lowest BCUT2D eigenvalue weighted by atomic mass is 10.1. The molecule has 17 heavy (non-hydrogen) atoms. The van der Waals surface area contributed by atoms with E-state index in [4.69, 9.17) is 0 Å². The molecule has 0 aliphatic rings. The summed E-state index contributed by atoms with van der Waals surface area (Å²) in [5.41, 5.74) is 1.18. The Kier molecular flexibility index (Phi) is 7.60. The minimum Gasteiger partial charge on any atom is -0.317 e. The molecule has 0 aliphatic carbocycles. The Bertz CT molecular complexity index is 285. The zero-order valence-electron chi connectivity index (χ0n) is 10.6. The number of hydrogen-bond donors (Lipinski definition) is 2. The third-order valence-corrected chi connectivity index (χ3v) is 2.64. The average Bonchev–Trinajstić information content (AvgIpc) is 2.35. The Morgan fingerprint density at radius 1 is 0.941 bits per heavy atom. The summed E-state index contributed by atoms with van der Waals surface area (Å²) in [7, 11) is 0. The smallest absolute Gasteiger partial charge is 0.123 e. The van der Waals surface area contributed by atoms with Crippen molar-refractivity contribution in [3.8, 4) is 0 Å². The van der Waals surface area contributed by atoms with Crippen LogP contribution in [0.4, 0.5) is 4.39 Å². The molecule has 2 N–H and O–H groups in total. The van der Waals surface area contributed by atoms with E-state index in [2.05, 4.69) is 17.6 Å². The lowest BCUT2D eigenvalue weighted by Gasteiger charge is -2.05. The summed E-state index contributed by atoms with van der Waals surface area (Å²) in [5.74, 6) is -0.163. The van der Waals surface area contributed by atoms with Gasteiger partial charge in [0.2, 0.25) is 0 Å². The first-order chi connectivity index (χ1) is 8.33. The van der Waals surface area contributed by atoms with Gasteiger partial charge in [-0.2, -0.15) is 0 Å². The van der Waals surface area contributed by atoms with Crippen molar-refractivity contribution in [3.63, 3.8) is 0 Å². The Morgan fingerprint density at radius 2 is 1.59 bits per heavy atom. The Morgan fingerprint density at radius 3 is 2.24 bits per heavy atom. The van der Waals surface area contributed by atoms with Crippen LogP contribution in [-0.4, -0.2) is 26.2 Å². The van der Waals surface area contributed by atoms with Crippen molar-refractivity contribution in [2.45, 2.75) is 26.2 Å². The van der Waals surface area contributed by atoms with Gasteiger partial charge in [0.1, 0.15) is 5.82 Å². The molecule has 0 amide bonds. The first kappa shape index (κ1) is 14.1. The van der Waals surface area contributed by atoms with E-state index < -0.39 is 0 Å². The molecular weight excluding hydrogens is 215 g/mol. The standard InChI is InChI=1S/C14H23FN2/c1-2-9-16-10-3-11-17-12-8-13-4-6-14(15)7-5-13/h4-7,16-17H,2-3,8-12H2,1H3. The lowest BCUT2D eigenvalue weighted by molar-refractivity contribution is 0.592. The number of nitrogens with one attached hydrogen (secondary N) is 2. The molecular formula is C14H23FN2. The van der Waals surface area contributed by atoms with Crippen molar-refractivity contribution >= 4 is 0 Å². The van der Waals surface area contributed by atoms with Crippen molar-refractivity contribution < 1.29 is 4.39 Å². The maximum absolute atomic E-state index is 12.7. The highest BCUT2D eigenvalue weighted by Gasteiger charge is 1.94. The van der Waals surface area contributed by atoms with Crippen LogP contribution in [0.3, 0.4) is 0 Å². The molecule has 96 valence electrons. The van der Waals surface area contributed by atoms with Crippen molar-refractivity contribution in [2.24, 2.45) is 0 Å².